The van der Waals surface area contributed by atoms with Crippen molar-refractivity contribution in [2.75, 3.05) is 13.1 Å². The van der Waals surface area contributed by atoms with Crippen LogP contribution in [-0.4, -0.2) is 37.3 Å². The van der Waals surface area contributed by atoms with E-state index in [1.165, 1.54) is 31.7 Å². The van der Waals surface area contributed by atoms with Gasteiger partial charge < -0.3 is 0 Å². The smallest absolute Gasteiger partial charge is 0.206 e. The van der Waals surface area contributed by atoms with E-state index in [9.17, 15) is 16.8 Å². The Morgan fingerprint density at radius 2 is 0.964 bits per heavy atom. The second-order valence-corrected chi connectivity index (χ2v) is 12.1. The molecule has 0 saturated heterocycles. The summed E-state index contributed by atoms with van der Waals surface area (Å²) in [5.74, 6) is 0. The first-order valence-corrected chi connectivity index (χ1v) is 13.8. The van der Waals surface area contributed by atoms with E-state index < -0.39 is 20.0 Å². The quantitative estimate of drug-likeness (QED) is 0.365. The third-order valence-corrected chi connectivity index (χ3v) is 11.0. The maximum absolute atomic E-state index is 12.9. The molecule has 0 amide bonds. The van der Waals surface area contributed by atoms with Gasteiger partial charge in [-0.25, -0.2) is 16.8 Å². The van der Waals surface area contributed by atoms with Crippen molar-refractivity contribution in [3.05, 3.63) is 60.7 Å². The standard InChI is InChI=1S/C18H24N2O4S4/c1-3-15-19(27(21,22)17-11-7-5-8-12-17)25-26-20(16-4-2)28(23,24)18-13-9-6-10-14-18/h5-14H,3-4,15-16H2,1-2H3. The van der Waals surface area contributed by atoms with Gasteiger partial charge in [0, 0.05) is 35.0 Å². The normalized spacial score (nSPS) is 12.6. The monoisotopic (exact) mass is 460 g/mol. The van der Waals surface area contributed by atoms with Gasteiger partial charge >= 0.3 is 0 Å². The van der Waals surface area contributed by atoms with Crippen molar-refractivity contribution in [1.82, 2.24) is 7.42 Å². The molecule has 28 heavy (non-hydrogen) atoms. The van der Waals surface area contributed by atoms with Crippen molar-refractivity contribution >= 4 is 42.0 Å². The van der Waals surface area contributed by atoms with Crippen LogP contribution in [0.1, 0.15) is 26.7 Å². The van der Waals surface area contributed by atoms with E-state index in [1.54, 1.807) is 36.4 Å². The van der Waals surface area contributed by atoms with E-state index in [1.807, 2.05) is 13.8 Å². The predicted molar refractivity (Wildman–Crippen MR) is 116 cm³/mol. The number of hydrogen-bond donors (Lipinski definition) is 0. The summed E-state index contributed by atoms with van der Waals surface area (Å²) < 4.78 is 54.2. The third-order valence-electron chi connectivity index (χ3n) is 3.63. The van der Waals surface area contributed by atoms with Crippen molar-refractivity contribution in [2.24, 2.45) is 0 Å². The molecule has 2 aromatic carbocycles. The Bertz CT molecular complexity index is 857. The third kappa shape index (κ3) is 5.74. The molecule has 10 heteroatoms. The van der Waals surface area contributed by atoms with Crippen LogP contribution < -0.4 is 0 Å². The largest absolute Gasteiger partial charge is 0.253 e. The first kappa shape index (κ1) is 23.2. The molecule has 0 atom stereocenters. The van der Waals surface area contributed by atoms with Gasteiger partial charge in [-0.3, -0.25) is 0 Å². The molecule has 0 fully saturated rings. The van der Waals surface area contributed by atoms with Crippen LogP contribution in [0.2, 0.25) is 0 Å². The van der Waals surface area contributed by atoms with E-state index in [0.29, 0.717) is 12.8 Å². The summed E-state index contributed by atoms with van der Waals surface area (Å²) in [5.41, 5.74) is 0. The topological polar surface area (TPSA) is 74.8 Å². The summed E-state index contributed by atoms with van der Waals surface area (Å²) in [4.78, 5) is 0.369. The van der Waals surface area contributed by atoms with Crippen LogP contribution in [0.4, 0.5) is 0 Å². The number of nitrogens with zero attached hydrogens (tertiary/aromatic N) is 2. The van der Waals surface area contributed by atoms with Crippen molar-refractivity contribution in [3.8, 4) is 0 Å². The zero-order chi connectivity index (χ0) is 20.6. The van der Waals surface area contributed by atoms with E-state index in [2.05, 4.69) is 0 Å². The van der Waals surface area contributed by atoms with Gasteiger partial charge in [0.1, 0.15) is 0 Å². The highest BCUT2D eigenvalue weighted by Gasteiger charge is 2.30. The van der Waals surface area contributed by atoms with Gasteiger partial charge in [0.2, 0.25) is 0 Å². The van der Waals surface area contributed by atoms with Crippen molar-refractivity contribution in [2.45, 2.75) is 36.5 Å². The molecule has 0 aliphatic heterocycles. The molecule has 0 aromatic heterocycles. The zero-order valence-electron chi connectivity index (χ0n) is 15.8. The van der Waals surface area contributed by atoms with Crippen LogP contribution in [0.3, 0.4) is 0 Å². The molecular formula is C18H24N2O4S4. The first-order valence-electron chi connectivity index (χ1n) is 8.84. The minimum atomic E-state index is -3.73. The van der Waals surface area contributed by atoms with Crippen LogP contribution in [-0.2, 0) is 20.0 Å². The summed E-state index contributed by atoms with van der Waals surface area (Å²) in [6, 6.07) is 16.3. The first-order chi connectivity index (χ1) is 13.3. The average molecular weight is 461 g/mol. The lowest BCUT2D eigenvalue weighted by atomic mass is 10.4. The predicted octanol–water partition coefficient (Wildman–Crippen LogP) is 4.40. The molecule has 0 aliphatic rings. The number of hydrogen-bond acceptors (Lipinski definition) is 6. The fraction of sp³-hybridized carbons (Fsp3) is 0.333. The molecule has 2 aromatic rings. The molecule has 0 heterocycles. The lowest BCUT2D eigenvalue weighted by Gasteiger charge is -2.24. The minimum absolute atomic E-state index is 0.185. The highest BCUT2D eigenvalue weighted by molar-refractivity contribution is 8.76. The average Bonchev–Trinajstić information content (AvgIpc) is 2.71. The zero-order valence-corrected chi connectivity index (χ0v) is 19.0. The van der Waals surface area contributed by atoms with Crippen LogP contribution in [0.5, 0.6) is 0 Å². The van der Waals surface area contributed by atoms with E-state index in [0.717, 1.165) is 22.0 Å². The Kier molecular flexibility index (Phi) is 8.84. The van der Waals surface area contributed by atoms with Crippen LogP contribution in [0, 0.1) is 0 Å². The molecule has 0 N–H and O–H groups in total. The maximum Gasteiger partial charge on any atom is 0.253 e. The number of benzene rings is 2. The molecular weight excluding hydrogens is 436 g/mol. The molecule has 0 radical (unpaired) electrons. The van der Waals surface area contributed by atoms with Gasteiger partial charge in [-0.1, -0.05) is 50.2 Å². The summed E-state index contributed by atoms with van der Waals surface area (Å²) in [6.45, 7) is 4.31. The molecule has 2 rings (SSSR count). The Hall–Kier alpha value is -1.04. The lowest BCUT2D eigenvalue weighted by molar-refractivity contribution is 0.536. The number of rotatable bonds is 11. The van der Waals surface area contributed by atoms with E-state index >= 15 is 0 Å². The van der Waals surface area contributed by atoms with E-state index in [4.69, 9.17) is 0 Å². The van der Waals surface area contributed by atoms with Crippen LogP contribution >= 0.6 is 22.0 Å². The highest BCUT2D eigenvalue weighted by Crippen LogP contribution is 2.37. The Balaban J connectivity index is 2.24. The second-order valence-electron chi connectivity index (χ2n) is 5.84. The molecule has 0 unspecified atom stereocenters. The van der Waals surface area contributed by atoms with Crippen molar-refractivity contribution < 1.29 is 16.8 Å². The highest BCUT2D eigenvalue weighted by atomic mass is 33.1. The van der Waals surface area contributed by atoms with Crippen molar-refractivity contribution in [3.63, 3.8) is 0 Å². The molecule has 0 spiro atoms. The Labute approximate surface area is 176 Å². The Morgan fingerprint density at radius 1 is 0.643 bits per heavy atom. The molecule has 0 saturated carbocycles. The Morgan fingerprint density at radius 3 is 1.25 bits per heavy atom. The SMILES string of the molecule is CCCN(SSN(CCC)S(=O)(=O)c1ccccc1)S(=O)(=O)c1ccccc1. The number of sulfonamides is 2. The molecule has 0 aliphatic carbocycles. The summed E-state index contributed by atoms with van der Waals surface area (Å²) in [5, 5.41) is 0. The maximum atomic E-state index is 12.9. The second kappa shape index (κ2) is 10.7. The van der Waals surface area contributed by atoms with Gasteiger partial charge in [0.15, 0.2) is 0 Å². The fourth-order valence-corrected chi connectivity index (χ4v) is 9.22. The lowest BCUT2D eigenvalue weighted by Crippen LogP contribution is -2.28. The van der Waals surface area contributed by atoms with Gasteiger partial charge in [-0.15, -0.1) is 7.42 Å². The summed E-state index contributed by atoms with van der Waals surface area (Å²) in [7, 11) is -5.61. The fourth-order valence-electron chi connectivity index (χ4n) is 2.25. The summed E-state index contributed by atoms with van der Waals surface area (Å²) >= 11 is 0. The molecule has 6 nitrogen and oxygen atoms in total. The molecule has 154 valence electrons. The van der Waals surface area contributed by atoms with Gasteiger partial charge in [-0.05, 0) is 37.1 Å². The minimum Gasteiger partial charge on any atom is -0.206 e. The van der Waals surface area contributed by atoms with Gasteiger partial charge in [0.05, 0.1) is 9.79 Å². The van der Waals surface area contributed by atoms with Crippen LogP contribution in [0.15, 0.2) is 70.5 Å². The molecule has 0 bridgehead atoms. The van der Waals surface area contributed by atoms with Crippen molar-refractivity contribution in [1.29, 1.82) is 0 Å². The van der Waals surface area contributed by atoms with Gasteiger partial charge in [-0.2, -0.15) is 0 Å². The van der Waals surface area contributed by atoms with E-state index in [-0.39, 0.29) is 22.9 Å². The summed E-state index contributed by atoms with van der Waals surface area (Å²) in [6.07, 6.45) is 1.22. The van der Waals surface area contributed by atoms with Gasteiger partial charge in [0.25, 0.3) is 20.0 Å². The van der Waals surface area contributed by atoms with Crippen LogP contribution in [0.25, 0.3) is 0 Å².